The van der Waals surface area contributed by atoms with E-state index in [9.17, 15) is 4.79 Å². The molecule has 1 fully saturated rings. The summed E-state index contributed by atoms with van der Waals surface area (Å²) in [5.41, 5.74) is 1.85. The van der Waals surface area contributed by atoms with Gasteiger partial charge in [0.15, 0.2) is 0 Å². The number of thiazole rings is 1. The SMILES string of the molecule is O=C(c1cccc(I)c1)N1CCCC(c2nc3ccccc3s2)C1. The highest BCUT2D eigenvalue weighted by molar-refractivity contribution is 14.1. The van der Waals surface area contributed by atoms with Crippen LogP contribution in [0.2, 0.25) is 0 Å². The molecule has 122 valence electrons. The fourth-order valence-electron chi connectivity index (χ4n) is 3.23. The van der Waals surface area contributed by atoms with Crippen LogP contribution in [0.1, 0.15) is 34.1 Å². The first-order chi connectivity index (χ1) is 11.7. The summed E-state index contributed by atoms with van der Waals surface area (Å²) in [7, 11) is 0. The molecule has 0 radical (unpaired) electrons. The molecular weight excluding hydrogens is 431 g/mol. The number of piperidine rings is 1. The Morgan fingerprint density at radius 3 is 2.92 bits per heavy atom. The number of carbonyl (C=O) groups is 1. The molecule has 4 rings (SSSR count). The Labute approximate surface area is 158 Å². The van der Waals surface area contributed by atoms with Gasteiger partial charge in [-0.2, -0.15) is 0 Å². The van der Waals surface area contributed by atoms with Crippen LogP contribution < -0.4 is 0 Å². The lowest BCUT2D eigenvalue weighted by molar-refractivity contribution is 0.0707. The molecule has 1 aliphatic rings. The molecule has 0 spiro atoms. The third kappa shape index (κ3) is 3.19. The van der Waals surface area contributed by atoms with Gasteiger partial charge in [-0.3, -0.25) is 4.79 Å². The van der Waals surface area contributed by atoms with E-state index in [1.807, 2.05) is 35.2 Å². The van der Waals surface area contributed by atoms with E-state index < -0.39 is 0 Å². The fourth-order valence-corrected chi connectivity index (χ4v) is 4.87. The lowest BCUT2D eigenvalue weighted by Gasteiger charge is -2.32. The molecule has 1 unspecified atom stereocenters. The van der Waals surface area contributed by atoms with Gasteiger partial charge >= 0.3 is 0 Å². The highest BCUT2D eigenvalue weighted by Crippen LogP contribution is 2.33. The highest BCUT2D eigenvalue weighted by Gasteiger charge is 2.27. The second-order valence-corrected chi connectivity index (χ2v) is 8.43. The van der Waals surface area contributed by atoms with E-state index >= 15 is 0 Å². The van der Waals surface area contributed by atoms with Gasteiger partial charge < -0.3 is 4.90 Å². The normalized spacial score (nSPS) is 18.0. The molecule has 0 N–H and O–H groups in total. The first kappa shape index (κ1) is 16.0. The van der Waals surface area contributed by atoms with Crippen molar-refractivity contribution in [2.24, 2.45) is 0 Å². The average Bonchev–Trinajstić information content (AvgIpc) is 3.05. The van der Waals surface area contributed by atoms with E-state index in [4.69, 9.17) is 4.98 Å². The molecule has 0 saturated carbocycles. The second kappa shape index (κ2) is 6.80. The summed E-state index contributed by atoms with van der Waals surface area (Å²) < 4.78 is 2.33. The van der Waals surface area contributed by atoms with Gasteiger partial charge in [-0.15, -0.1) is 11.3 Å². The lowest BCUT2D eigenvalue weighted by Crippen LogP contribution is -2.39. The summed E-state index contributed by atoms with van der Waals surface area (Å²) in [5, 5.41) is 1.16. The average molecular weight is 448 g/mol. The predicted molar refractivity (Wildman–Crippen MR) is 107 cm³/mol. The molecule has 1 saturated heterocycles. The van der Waals surface area contributed by atoms with Gasteiger partial charge in [0, 0.05) is 28.1 Å². The first-order valence-electron chi connectivity index (χ1n) is 8.11. The molecule has 0 bridgehead atoms. The molecule has 0 aliphatic carbocycles. The molecule has 1 aromatic heterocycles. The minimum atomic E-state index is 0.138. The Morgan fingerprint density at radius 1 is 1.21 bits per heavy atom. The van der Waals surface area contributed by atoms with Crippen molar-refractivity contribution in [3.05, 3.63) is 62.7 Å². The van der Waals surface area contributed by atoms with Crippen molar-refractivity contribution in [2.75, 3.05) is 13.1 Å². The third-order valence-electron chi connectivity index (χ3n) is 4.44. The summed E-state index contributed by atoms with van der Waals surface area (Å²) >= 11 is 4.02. The van der Waals surface area contributed by atoms with Gasteiger partial charge in [0.05, 0.1) is 15.2 Å². The van der Waals surface area contributed by atoms with Crippen LogP contribution in [-0.4, -0.2) is 28.9 Å². The predicted octanol–water partition coefficient (Wildman–Crippen LogP) is 4.92. The van der Waals surface area contributed by atoms with Crippen LogP contribution in [0.3, 0.4) is 0 Å². The quantitative estimate of drug-likeness (QED) is 0.522. The molecule has 24 heavy (non-hydrogen) atoms. The van der Waals surface area contributed by atoms with Crippen molar-refractivity contribution in [2.45, 2.75) is 18.8 Å². The highest BCUT2D eigenvalue weighted by atomic mass is 127. The number of hydrogen-bond acceptors (Lipinski definition) is 3. The molecule has 1 amide bonds. The zero-order valence-electron chi connectivity index (χ0n) is 13.1. The Kier molecular flexibility index (Phi) is 4.54. The third-order valence-corrected chi connectivity index (χ3v) is 6.31. The Morgan fingerprint density at radius 2 is 2.08 bits per heavy atom. The van der Waals surface area contributed by atoms with Crippen molar-refractivity contribution in [3.63, 3.8) is 0 Å². The molecule has 3 nitrogen and oxygen atoms in total. The van der Waals surface area contributed by atoms with Gasteiger partial charge in [0.25, 0.3) is 5.91 Å². The smallest absolute Gasteiger partial charge is 0.253 e. The van der Waals surface area contributed by atoms with Crippen LogP contribution in [0, 0.1) is 3.57 Å². The standard InChI is InChI=1S/C19H17IN2OS/c20-15-7-3-5-13(11-15)19(23)22-10-4-6-14(12-22)18-21-16-8-1-2-9-17(16)24-18/h1-3,5,7-9,11,14H,4,6,10,12H2. The number of hydrogen-bond donors (Lipinski definition) is 0. The van der Waals surface area contributed by atoms with Crippen LogP contribution in [0.4, 0.5) is 0 Å². The first-order valence-corrected chi connectivity index (χ1v) is 10.0. The van der Waals surface area contributed by atoms with E-state index in [2.05, 4.69) is 40.8 Å². The molecule has 2 aromatic carbocycles. The van der Waals surface area contributed by atoms with Crippen LogP contribution >= 0.6 is 33.9 Å². The van der Waals surface area contributed by atoms with E-state index in [1.54, 1.807) is 11.3 Å². The zero-order chi connectivity index (χ0) is 16.5. The summed E-state index contributed by atoms with van der Waals surface area (Å²) in [4.78, 5) is 19.6. The molecule has 3 aromatic rings. The molecule has 1 atom stereocenters. The second-order valence-electron chi connectivity index (χ2n) is 6.12. The lowest BCUT2D eigenvalue weighted by atomic mass is 9.98. The number of rotatable bonds is 2. The molecule has 1 aliphatic heterocycles. The van der Waals surface area contributed by atoms with E-state index in [-0.39, 0.29) is 5.91 Å². The Balaban J connectivity index is 1.56. The van der Waals surface area contributed by atoms with E-state index in [0.29, 0.717) is 5.92 Å². The summed E-state index contributed by atoms with van der Waals surface area (Å²) in [6.07, 6.45) is 2.15. The minimum absolute atomic E-state index is 0.138. The van der Waals surface area contributed by atoms with Crippen LogP contribution in [0.15, 0.2) is 48.5 Å². The number of halogens is 1. The van der Waals surface area contributed by atoms with Crippen LogP contribution in [0.25, 0.3) is 10.2 Å². The number of fused-ring (bicyclic) bond motifs is 1. The number of para-hydroxylation sites is 1. The van der Waals surface area contributed by atoms with Crippen LogP contribution in [0.5, 0.6) is 0 Å². The molecule has 2 heterocycles. The topological polar surface area (TPSA) is 33.2 Å². The van der Waals surface area contributed by atoms with Gasteiger partial charge in [-0.05, 0) is 65.8 Å². The van der Waals surface area contributed by atoms with Crippen molar-refractivity contribution in [1.29, 1.82) is 0 Å². The van der Waals surface area contributed by atoms with Gasteiger partial charge in [-0.1, -0.05) is 18.2 Å². The van der Waals surface area contributed by atoms with Gasteiger partial charge in [-0.25, -0.2) is 4.98 Å². The number of likely N-dealkylation sites (tertiary alicyclic amines) is 1. The molecule has 5 heteroatoms. The minimum Gasteiger partial charge on any atom is -0.338 e. The summed E-state index contributed by atoms with van der Waals surface area (Å²) in [6, 6.07) is 16.1. The summed E-state index contributed by atoms with van der Waals surface area (Å²) in [5.74, 6) is 0.488. The van der Waals surface area contributed by atoms with Crippen molar-refractivity contribution < 1.29 is 4.79 Å². The summed E-state index contributed by atoms with van der Waals surface area (Å²) in [6.45, 7) is 1.61. The number of carbonyl (C=O) groups excluding carboxylic acids is 1. The van der Waals surface area contributed by atoms with E-state index in [0.717, 1.165) is 45.6 Å². The maximum atomic E-state index is 12.8. The van der Waals surface area contributed by atoms with Crippen molar-refractivity contribution in [3.8, 4) is 0 Å². The van der Waals surface area contributed by atoms with Crippen LogP contribution in [-0.2, 0) is 0 Å². The Hall–Kier alpha value is -1.47. The van der Waals surface area contributed by atoms with Crippen molar-refractivity contribution >= 4 is 50.1 Å². The Bertz CT molecular complexity index is 859. The monoisotopic (exact) mass is 448 g/mol. The number of benzene rings is 2. The van der Waals surface area contributed by atoms with Gasteiger partial charge in [0.1, 0.15) is 0 Å². The van der Waals surface area contributed by atoms with E-state index in [1.165, 1.54) is 4.70 Å². The van der Waals surface area contributed by atoms with Crippen molar-refractivity contribution in [1.82, 2.24) is 9.88 Å². The molecular formula is C19H17IN2OS. The number of nitrogens with zero attached hydrogens (tertiary/aromatic N) is 2. The maximum absolute atomic E-state index is 12.8. The maximum Gasteiger partial charge on any atom is 0.253 e. The largest absolute Gasteiger partial charge is 0.338 e. The number of amides is 1. The fraction of sp³-hybridized carbons (Fsp3) is 0.263. The number of aromatic nitrogens is 1. The van der Waals surface area contributed by atoms with Gasteiger partial charge in [0.2, 0.25) is 0 Å². The zero-order valence-corrected chi connectivity index (χ0v) is 16.1.